The first kappa shape index (κ1) is 12.8. The summed E-state index contributed by atoms with van der Waals surface area (Å²) in [5, 5.41) is 3.36. The van der Waals surface area contributed by atoms with Crippen LogP contribution in [0.3, 0.4) is 0 Å². The monoisotopic (exact) mass is 240 g/mol. The molecule has 2 fully saturated rings. The van der Waals surface area contributed by atoms with Crippen molar-refractivity contribution < 1.29 is 9.53 Å². The van der Waals surface area contributed by atoms with Crippen molar-refractivity contribution in [2.45, 2.75) is 38.2 Å². The number of carbonyl (C=O) groups is 1. The van der Waals surface area contributed by atoms with Crippen LogP contribution in [0.4, 0.5) is 0 Å². The number of likely N-dealkylation sites (tertiary alicyclic amines) is 1. The van der Waals surface area contributed by atoms with Crippen LogP contribution < -0.4 is 5.32 Å². The van der Waals surface area contributed by atoms with Gasteiger partial charge in [0.15, 0.2) is 0 Å². The number of methoxy groups -OCH3 is 1. The van der Waals surface area contributed by atoms with Crippen LogP contribution in [0.2, 0.25) is 0 Å². The van der Waals surface area contributed by atoms with Crippen LogP contribution in [0.1, 0.15) is 32.1 Å². The molecule has 1 N–H and O–H groups in total. The molecule has 0 aromatic rings. The minimum Gasteiger partial charge on any atom is -0.380 e. The molecule has 4 heteroatoms. The maximum absolute atomic E-state index is 12.0. The summed E-state index contributed by atoms with van der Waals surface area (Å²) in [6.07, 6.45) is 5.51. The second kappa shape index (κ2) is 6.36. The molecule has 98 valence electrons. The van der Waals surface area contributed by atoms with Gasteiger partial charge in [0.05, 0.1) is 6.10 Å². The minimum absolute atomic E-state index is 0.262. The van der Waals surface area contributed by atoms with E-state index < -0.39 is 0 Å². The van der Waals surface area contributed by atoms with E-state index in [0.717, 1.165) is 51.4 Å². The molecular weight excluding hydrogens is 216 g/mol. The lowest BCUT2D eigenvalue weighted by molar-refractivity contribution is -0.130. The van der Waals surface area contributed by atoms with Crippen LogP contribution in [0, 0.1) is 5.92 Å². The summed E-state index contributed by atoms with van der Waals surface area (Å²) in [5.41, 5.74) is 0. The molecule has 2 aliphatic rings. The van der Waals surface area contributed by atoms with E-state index >= 15 is 0 Å². The minimum atomic E-state index is 0.262. The van der Waals surface area contributed by atoms with Crippen molar-refractivity contribution in [2.24, 2.45) is 5.92 Å². The second-order valence-electron chi connectivity index (χ2n) is 5.22. The Morgan fingerprint density at radius 3 is 2.76 bits per heavy atom. The number of piperidine rings is 1. The van der Waals surface area contributed by atoms with Gasteiger partial charge in [0.2, 0.25) is 5.91 Å². The van der Waals surface area contributed by atoms with Crippen LogP contribution >= 0.6 is 0 Å². The number of hydrogen-bond acceptors (Lipinski definition) is 3. The lowest BCUT2D eigenvalue weighted by atomic mass is 9.93. The Morgan fingerprint density at radius 2 is 2.12 bits per heavy atom. The molecule has 0 aromatic heterocycles. The van der Waals surface area contributed by atoms with Gasteiger partial charge in [0, 0.05) is 26.6 Å². The molecule has 2 rings (SSSR count). The van der Waals surface area contributed by atoms with Crippen molar-refractivity contribution in [1.82, 2.24) is 10.2 Å². The van der Waals surface area contributed by atoms with E-state index in [9.17, 15) is 4.79 Å². The highest BCUT2D eigenvalue weighted by atomic mass is 16.5. The van der Waals surface area contributed by atoms with Gasteiger partial charge in [-0.2, -0.15) is 0 Å². The first-order valence-corrected chi connectivity index (χ1v) is 6.81. The van der Waals surface area contributed by atoms with E-state index in [1.165, 1.54) is 12.8 Å². The van der Waals surface area contributed by atoms with E-state index in [-0.39, 0.29) is 6.10 Å². The Kier molecular flexibility index (Phi) is 4.80. The summed E-state index contributed by atoms with van der Waals surface area (Å²) in [5.74, 6) is 1.07. The highest BCUT2D eigenvalue weighted by molar-refractivity contribution is 5.76. The van der Waals surface area contributed by atoms with E-state index in [2.05, 4.69) is 5.32 Å². The molecule has 1 amide bonds. The van der Waals surface area contributed by atoms with Crippen molar-refractivity contribution in [2.75, 3.05) is 33.3 Å². The predicted molar refractivity (Wildman–Crippen MR) is 66.8 cm³/mol. The van der Waals surface area contributed by atoms with Crippen molar-refractivity contribution in [3.05, 3.63) is 0 Å². The zero-order valence-electron chi connectivity index (χ0n) is 10.8. The normalized spacial score (nSPS) is 26.4. The molecule has 2 saturated heterocycles. The van der Waals surface area contributed by atoms with Gasteiger partial charge in [-0.3, -0.25) is 4.79 Å². The van der Waals surface area contributed by atoms with Gasteiger partial charge >= 0.3 is 0 Å². The summed E-state index contributed by atoms with van der Waals surface area (Å²) in [4.78, 5) is 14.0. The molecule has 4 nitrogen and oxygen atoms in total. The molecule has 17 heavy (non-hydrogen) atoms. The number of nitrogens with zero attached hydrogens (tertiary/aromatic N) is 1. The highest BCUT2D eigenvalue weighted by Crippen LogP contribution is 2.20. The van der Waals surface area contributed by atoms with Gasteiger partial charge in [-0.25, -0.2) is 0 Å². The zero-order chi connectivity index (χ0) is 12.1. The van der Waals surface area contributed by atoms with Crippen LogP contribution in [0.5, 0.6) is 0 Å². The molecule has 0 unspecified atom stereocenters. The molecule has 0 aromatic carbocycles. The summed E-state index contributed by atoms with van der Waals surface area (Å²) in [7, 11) is 1.73. The van der Waals surface area contributed by atoms with Gasteiger partial charge in [0.1, 0.15) is 0 Å². The summed E-state index contributed by atoms with van der Waals surface area (Å²) in [6, 6.07) is 0. The summed E-state index contributed by atoms with van der Waals surface area (Å²) >= 11 is 0. The van der Waals surface area contributed by atoms with Gasteiger partial charge in [0.25, 0.3) is 0 Å². The van der Waals surface area contributed by atoms with Crippen LogP contribution in [0.15, 0.2) is 0 Å². The smallest absolute Gasteiger partial charge is 0.222 e. The maximum atomic E-state index is 12.0. The van der Waals surface area contributed by atoms with Crippen molar-refractivity contribution >= 4 is 5.91 Å². The number of carbonyl (C=O) groups excluding carboxylic acids is 1. The van der Waals surface area contributed by atoms with E-state index in [4.69, 9.17) is 4.74 Å². The number of rotatable bonds is 4. The quantitative estimate of drug-likeness (QED) is 0.797. The van der Waals surface area contributed by atoms with Crippen LogP contribution in [0.25, 0.3) is 0 Å². The van der Waals surface area contributed by atoms with E-state index in [1.807, 2.05) is 4.90 Å². The lowest BCUT2D eigenvalue weighted by Gasteiger charge is -2.23. The predicted octanol–water partition coefficient (Wildman–Crippen LogP) is 1.01. The first-order valence-electron chi connectivity index (χ1n) is 6.81. The van der Waals surface area contributed by atoms with Crippen LogP contribution in [-0.2, 0) is 9.53 Å². The Morgan fingerprint density at radius 1 is 1.35 bits per heavy atom. The average Bonchev–Trinajstić information content (AvgIpc) is 2.86. The maximum Gasteiger partial charge on any atom is 0.222 e. The standard InChI is InChI=1S/C13H24N2O2/c1-17-12-6-9-15(10-12)13(16)3-2-11-4-7-14-8-5-11/h11-12,14H,2-10H2,1H3/t12-/m1/s1. The SMILES string of the molecule is CO[C@@H]1CCN(C(=O)CCC2CCNCC2)C1. The third kappa shape index (κ3) is 3.68. The molecule has 1 atom stereocenters. The largest absolute Gasteiger partial charge is 0.380 e. The topological polar surface area (TPSA) is 41.6 Å². The molecular formula is C13H24N2O2. The Balaban J connectivity index is 1.66. The van der Waals surface area contributed by atoms with Gasteiger partial charge in [-0.05, 0) is 44.7 Å². The molecule has 2 heterocycles. The van der Waals surface area contributed by atoms with Crippen LogP contribution in [-0.4, -0.2) is 50.2 Å². The summed E-state index contributed by atoms with van der Waals surface area (Å²) in [6.45, 7) is 3.91. The van der Waals surface area contributed by atoms with E-state index in [0.29, 0.717) is 5.91 Å². The van der Waals surface area contributed by atoms with Crippen molar-refractivity contribution in [3.8, 4) is 0 Å². The van der Waals surface area contributed by atoms with Gasteiger partial charge in [-0.1, -0.05) is 0 Å². The van der Waals surface area contributed by atoms with Gasteiger partial charge < -0.3 is 15.0 Å². The number of ether oxygens (including phenoxy) is 1. The molecule has 0 aliphatic carbocycles. The number of hydrogen-bond donors (Lipinski definition) is 1. The highest BCUT2D eigenvalue weighted by Gasteiger charge is 2.26. The first-order chi connectivity index (χ1) is 8.29. The molecule has 2 aliphatic heterocycles. The Hall–Kier alpha value is -0.610. The van der Waals surface area contributed by atoms with E-state index in [1.54, 1.807) is 7.11 Å². The summed E-state index contributed by atoms with van der Waals surface area (Å²) < 4.78 is 5.28. The number of amides is 1. The molecule has 0 spiro atoms. The van der Waals surface area contributed by atoms with Crippen molar-refractivity contribution in [3.63, 3.8) is 0 Å². The fraction of sp³-hybridized carbons (Fsp3) is 0.923. The fourth-order valence-corrected chi connectivity index (χ4v) is 2.80. The zero-order valence-corrected chi connectivity index (χ0v) is 10.8. The third-order valence-corrected chi connectivity index (χ3v) is 4.06. The second-order valence-corrected chi connectivity index (χ2v) is 5.22. The fourth-order valence-electron chi connectivity index (χ4n) is 2.80. The number of nitrogens with one attached hydrogen (secondary N) is 1. The van der Waals surface area contributed by atoms with Crippen molar-refractivity contribution in [1.29, 1.82) is 0 Å². The molecule has 0 saturated carbocycles. The molecule has 0 radical (unpaired) electrons. The average molecular weight is 240 g/mol. The molecule has 0 bridgehead atoms. The van der Waals surface area contributed by atoms with Gasteiger partial charge in [-0.15, -0.1) is 0 Å². The lowest BCUT2D eigenvalue weighted by Crippen LogP contribution is -2.31. The third-order valence-electron chi connectivity index (χ3n) is 4.06. The Labute approximate surface area is 104 Å². The Bertz CT molecular complexity index is 252.